The molecule has 0 bridgehead atoms. The summed E-state index contributed by atoms with van der Waals surface area (Å²) in [6, 6.07) is 0. The van der Waals surface area contributed by atoms with Gasteiger partial charge in [0.25, 0.3) is 0 Å². The lowest BCUT2D eigenvalue weighted by molar-refractivity contribution is -0.135. The Morgan fingerprint density at radius 2 is 1.86 bits per heavy atom. The van der Waals surface area contributed by atoms with Crippen LogP contribution in [0.5, 0.6) is 0 Å². The van der Waals surface area contributed by atoms with E-state index >= 15 is 0 Å². The molecule has 82 valence electrons. The van der Waals surface area contributed by atoms with Crippen LogP contribution in [-0.4, -0.2) is 44.0 Å². The number of Topliss-reactive ketones (excluding diaryl/α,β-unsaturated/α-hetero) is 1. The summed E-state index contributed by atoms with van der Waals surface area (Å²) in [5.74, 6) is 0.240. The Morgan fingerprint density at radius 1 is 1.29 bits per heavy atom. The van der Waals surface area contributed by atoms with Crippen LogP contribution in [0.1, 0.15) is 32.1 Å². The van der Waals surface area contributed by atoms with E-state index in [1.165, 1.54) is 6.42 Å². The minimum Gasteiger partial charge on any atom is -0.377 e. The first-order valence-corrected chi connectivity index (χ1v) is 5.33. The standard InChI is InChI=1S/C11H21NO2/c1-12(2)11(10(13)9-14-3)7-5-4-6-8-11/h4-9H2,1-3H3. The lowest BCUT2D eigenvalue weighted by atomic mass is 9.78. The normalized spacial score (nSPS) is 21.1. The number of nitrogens with zero attached hydrogens (tertiary/aromatic N) is 1. The lowest BCUT2D eigenvalue weighted by Gasteiger charge is -2.41. The number of carbonyl (C=O) groups is 1. The summed E-state index contributed by atoms with van der Waals surface area (Å²) in [7, 11) is 5.59. The summed E-state index contributed by atoms with van der Waals surface area (Å²) in [5.41, 5.74) is -0.242. The molecule has 3 heteroatoms. The monoisotopic (exact) mass is 199 g/mol. The highest BCUT2D eigenvalue weighted by molar-refractivity contribution is 5.89. The van der Waals surface area contributed by atoms with Gasteiger partial charge in [0.05, 0.1) is 5.54 Å². The molecule has 0 radical (unpaired) electrons. The highest BCUT2D eigenvalue weighted by atomic mass is 16.5. The number of hydrogen-bond acceptors (Lipinski definition) is 3. The van der Waals surface area contributed by atoms with Gasteiger partial charge in [0.15, 0.2) is 5.78 Å². The largest absolute Gasteiger partial charge is 0.377 e. The van der Waals surface area contributed by atoms with Gasteiger partial charge in [0.2, 0.25) is 0 Å². The second-order valence-corrected chi connectivity index (χ2v) is 4.34. The summed E-state index contributed by atoms with van der Waals surface area (Å²) in [6.45, 7) is 0.248. The van der Waals surface area contributed by atoms with Crippen molar-refractivity contribution in [3.05, 3.63) is 0 Å². The van der Waals surface area contributed by atoms with Gasteiger partial charge in [-0.25, -0.2) is 0 Å². The molecule has 3 nitrogen and oxygen atoms in total. The van der Waals surface area contributed by atoms with Crippen molar-refractivity contribution < 1.29 is 9.53 Å². The van der Waals surface area contributed by atoms with Crippen molar-refractivity contribution in [3.63, 3.8) is 0 Å². The summed E-state index contributed by atoms with van der Waals surface area (Å²) < 4.78 is 4.96. The average Bonchev–Trinajstić information content (AvgIpc) is 2.19. The third-order valence-corrected chi connectivity index (χ3v) is 3.33. The van der Waals surface area contributed by atoms with Crippen molar-refractivity contribution in [1.29, 1.82) is 0 Å². The Hall–Kier alpha value is -0.410. The van der Waals surface area contributed by atoms with Crippen molar-refractivity contribution in [3.8, 4) is 0 Å². The van der Waals surface area contributed by atoms with E-state index in [1.54, 1.807) is 7.11 Å². The fraction of sp³-hybridized carbons (Fsp3) is 0.909. The van der Waals surface area contributed by atoms with E-state index in [1.807, 2.05) is 14.1 Å². The number of methoxy groups -OCH3 is 1. The van der Waals surface area contributed by atoms with Gasteiger partial charge in [0.1, 0.15) is 6.61 Å². The van der Waals surface area contributed by atoms with Crippen LogP contribution in [0.15, 0.2) is 0 Å². The zero-order valence-electron chi connectivity index (χ0n) is 9.51. The Labute approximate surface area is 86.4 Å². The Balaban J connectivity index is 2.74. The Morgan fingerprint density at radius 3 is 2.29 bits per heavy atom. The van der Waals surface area contributed by atoms with Crippen molar-refractivity contribution in [1.82, 2.24) is 4.90 Å². The van der Waals surface area contributed by atoms with Gasteiger partial charge < -0.3 is 4.74 Å². The Bertz CT molecular complexity index is 195. The zero-order valence-corrected chi connectivity index (χ0v) is 9.51. The van der Waals surface area contributed by atoms with Crippen LogP contribution >= 0.6 is 0 Å². The first-order chi connectivity index (χ1) is 6.63. The van der Waals surface area contributed by atoms with Crippen molar-refractivity contribution in [2.24, 2.45) is 0 Å². The van der Waals surface area contributed by atoms with Gasteiger partial charge in [-0.2, -0.15) is 0 Å². The Kier molecular flexibility index (Phi) is 4.08. The minimum atomic E-state index is -0.242. The summed E-state index contributed by atoms with van der Waals surface area (Å²) in [4.78, 5) is 14.1. The molecule has 1 aliphatic rings. The predicted molar refractivity (Wildman–Crippen MR) is 56.4 cm³/mol. The molecule has 0 N–H and O–H groups in total. The maximum absolute atomic E-state index is 12.0. The maximum Gasteiger partial charge on any atom is 0.178 e. The highest BCUT2D eigenvalue weighted by Gasteiger charge is 2.40. The van der Waals surface area contributed by atoms with E-state index in [2.05, 4.69) is 4.90 Å². The van der Waals surface area contributed by atoms with Crippen LogP contribution in [0.2, 0.25) is 0 Å². The van der Waals surface area contributed by atoms with Gasteiger partial charge in [0, 0.05) is 7.11 Å². The van der Waals surface area contributed by atoms with Crippen molar-refractivity contribution in [2.75, 3.05) is 27.8 Å². The lowest BCUT2D eigenvalue weighted by Crippen LogP contribution is -2.53. The quantitative estimate of drug-likeness (QED) is 0.686. The molecule has 0 amide bonds. The molecule has 14 heavy (non-hydrogen) atoms. The van der Waals surface area contributed by atoms with E-state index in [0.29, 0.717) is 0 Å². The van der Waals surface area contributed by atoms with Crippen LogP contribution in [0, 0.1) is 0 Å². The molecule has 1 rings (SSSR count). The maximum atomic E-state index is 12.0. The fourth-order valence-corrected chi connectivity index (χ4v) is 2.38. The SMILES string of the molecule is COCC(=O)C1(N(C)C)CCCCC1. The topological polar surface area (TPSA) is 29.5 Å². The van der Waals surface area contributed by atoms with E-state index in [-0.39, 0.29) is 17.9 Å². The van der Waals surface area contributed by atoms with Crippen molar-refractivity contribution in [2.45, 2.75) is 37.6 Å². The number of ether oxygens (including phenoxy) is 1. The summed E-state index contributed by atoms with van der Waals surface area (Å²) in [6.07, 6.45) is 5.56. The highest BCUT2D eigenvalue weighted by Crippen LogP contribution is 2.32. The van der Waals surface area contributed by atoms with Gasteiger partial charge in [-0.15, -0.1) is 0 Å². The first kappa shape index (κ1) is 11.7. The van der Waals surface area contributed by atoms with Crippen molar-refractivity contribution >= 4 is 5.78 Å². The first-order valence-electron chi connectivity index (χ1n) is 5.33. The van der Waals surface area contributed by atoms with Crippen LogP contribution in [0.25, 0.3) is 0 Å². The number of likely N-dealkylation sites (N-methyl/N-ethyl adjacent to an activating group) is 1. The molecular formula is C11H21NO2. The van der Waals surface area contributed by atoms with Gasteiger partial charge in [-0.1, -0.05) is 19.3 Å². The molecule has 0 spiro atoms. The number of carbonyl (C=O) groups excluding carboxylic acids is 1. The molecule has 0 aromatic rings. The number of rotatable bonds is 4. The summed E-state index contributed by atoms with van der Waals surface area (Å²) >= 11 is 0. The van der Waals surface area contributed by atoms with E-state index in [0.717, 1.165) is 25.7 Å². The fourth-order valence-electron chi connectivity index (χ4n) is 2.38. The molecular weight excluding hydrogens is 178 g/mol. The molecule has 1 saturated carbocycles. The smallest absolute Gasteiger partial charge is 0.178 e. The average molecular weight is 199 g/mol. The second-order valence-electron chi connectivity index (χ2n) is 4.34. The molecule has 1 fully saturated rings. The zero-order chi connectivity index (χ0) is 10.6. The van der Waals surface area contributed by atoms with Gasteiger partial charge in [-0.05, 0) is 26.9 Å². The molecule has 0 aliphatic heterocycles. The molecule has 0 heterocycles. The predicted octanol–water partition coefficient (Wildman–Crippen LogP) is 1.47. The van der Waals surface area contributed by atoms with Gasteiger partial charge >= 0.3 is 0 Å². The molecule has 0 aromatic heterocycles. The molecule has 0 saturated heterocycles. The minimum absolute atomic E-state index is 0.240. The molecule has 1 aliphatic carbocycles. The molecule has 0 atom stereocenters. The third kappa shape index (κ3) is 2.15. The molecule has 0 unspecified atom stereocenters. The van der Waals surface area contributed by atoms with Crippen LogP contribution < -0.4 is 0 Å². The van der Waals surface area contributed by atoms with Crippen LogP contribution in [0.3, 0.4) is 0 Å². The number of ketones is 1. The third-order valence-electron chi connectivity index (χ3n) is 3.33. The number of hydrogen-bond donors (Lipinski definition) is 0. The van der Waals surface area contributed by atoms with Crippen LogP contribution in [0.4, 0.5) is 0 Å². The van der Waals surface area contributed by atoms with Gasteiger partial charge in [-0.3, -0.25) is 9.69 Å². The molecule has 0 aromatic carbocycles. The second kappa shape index (κ2) is 4.89. The van der Waals surface area contributed by atoms with Crippen LogP contribution in [-0.2, 0) is 9.53 Å². The van der Waals surface area contributed by atoms with E-state index in [9.17, 15) is 4.79 Å². The summed E-state index contributed by atoms with van der Waals surface area (Å²) in [5, 5.41) is 0. The van der Waals surface area contributed by atoms with E-state index in [4.69, 9.17) is 4.74 Å². The van der Waals surface area contributed by atoms with E-state index < -0.39 is 0 Å².